The van der Waals surface area contributed by atoms with Crippen molar-refractivity contribution in [1.82, 2.24) is 10.2 Å². The van der Waals surface area contributed by atoms with Crippen LogP contribution in [0, 0.1) is 0 Å². The first kappa shape index (κ1) is 21.7. The molecule has 156 valence electrons. The second kappa shape index (κ2) is 8.37. The zero-order valence-electron chi connectivity index (χ0n) is 14.9. The van der Waals surface area contributed by atoms with Gasteiger partial charge in [0.25, 0.3) is 5.91 Å². The highest BCUT2D eigenvalue weighted by atomic mass is 35.5. The maximum absolute atomic E-state index is 12.8. The van der Waals surface area contributed by atoms with Crippen molar-refractivity contribution in [2.24, 2.45) is 0 Å². The molecule has 0 spiro atoms. The summed E-state index contributed by atoms with van der Waals surface area (Å²) in [6, 6.07) is 7.84. The van der Waals surface area contributed by atoms with Crippen LogP contribution in [-0.4, -0.2) is 29.3 Å². The van der Waals surface area contributed by atoms with Gasteiger partial charge in [-0.1, -0.05) is 41.4 Å². The van der Waals surface area contributed by atoms with Crippen LogP contribution in [0.3, 0.4) is 0 Å². The lowest BCUT2D eigenvalue weighted by molar-refractivity contribution is -0.137. The van der Waals surface area contributed by atoms with E-state index in [9.17, 15) is 27.6 Å². The number of nitrogens with one attached hydrogen (secondary N) is 2. The van der Waals surface area contributed by atoms with Crippen molar-refractivity contribution in [3.8, 4) is 0 Å². The Morgan fingerprint density at radius 1 is 1.13 bits per heavy atom. The van der Waals surface area contributed by atoms with E-state index in [1.807, 2.05) is 0 Å². The lowest BCUT2D eigenvalue weighted by Gasteiger charge is -2.13. The molecule has 2 aromatic rings. The average Bonchev–Trinajstić information content (AvgIpc) is 2.92. The van der Waals surface area contributed by atoms with E-state index in [-0.39, 0.29) is 21.4 Å². The number of benzene rings is 2. The van der Waals surface area contributed by atoms with Gasteiger partial charge >= 0.3 is 12.2 Å². The molecule has 4 amide bonds. The smallest absolute Gasteiger partial charge is 0.325 e. The molecule has 1 heterocycles. The summed E-state index contributed by atoms with van der Waals surface area (Å²) in [5.41, 5.74) is -0.818. The normalized spacial score (nSPS) is 15.5. The van der Waals surface area contributed by atoms with Crippen molar-refractivity contribution in [2.75, 3.05) is 11.9 Å². The predicted molar refractivity (Wildman–Crippen MR) is 105 cm³/mol. The molecule has 1 saturated heterocycles. The zero-order valence-corrected chi connectivity index (χ0v) is 16.4. The maximum Gasteiger partial charge on any atom is 0.416 e. The first-order chi connectivity index (χ1) is 14.1. The number of halogens is 5. The van der Waals surface area contributed by atoms with Crippen molar-refractivity contribution in [1.29, 1.82) is 0 Å². The predicted octanol–water partition coefficient (Wildman–Crippen LogP) is 4.54. The van der Waals surface area contributed by atoms with E-state index in [2.05, 4.69) is 10.6 Å². The summed E-state index contributed by atoms with van der Waals surface area (Å²) in [7, 11) is 0. The number of hydrogen-bond donors (Lipinski definition) is 2. The quantitative estimate of drug-likeness (QED) is 0.522. The molecule has 1 aliphatic rings. The largest absolute Gasteiger partial charge is 0.416 e. The van der Waals surface area contributed by atoms with Crippen molar-refractivity contribution in [3.63, 3.8) is 0 Å². The number of urea groups is 1. The van der Waals surface area contributed by atoms with E-state index >= 15 is 0 Å². The van der Waals surface area contributed by atoms with E-state index in [0.717, 1.165) is 18.2 Å². The van der Waals surface area contributed by atoms with Crippen LogP contribution < -0.4 is 10.6 Å². The van der Waals surface area contributed by atoms with Gasteiger partial charge in [0, 0.05) is 5.69 Å². The fourth-order valence-corrected chi connectivity index (χ4v) is 2.98. The molecule has 0 saturated carbocycles. The summed E-state index contributed by atoms with van der Waals surface area (Å²) < 4.78 is 38.3. The first-order valence-corrected chi connectivity index (χ1v) is 9.07. The second-order valence-corrected chi connectivity index (χ2v) is 6.93. The van der Waals surface area contributed by atoms with Crippen molar-refractivity contribution >= 4 is 52.8 Å². The van der Waals surface area contributed by atoms with Gasteiger partial charge in [-0.05, 0) is 35.9 Å². The molecule has 0 atom stereocenters. The van der Waals surface area contributed by atoms with Gasteiger partial charge in [-0.2, -0.15) is 13.2 Å². The molecule has 30 heavy (non-hydrogen) atoms. The van der Waals surface area contributed by atoms with E-state index < -0.39 is 36.1 Å². The number of amides is 4. The second-order valence-electron chi connectivity index (χ2n) is 6.15. The Bertz CT molecular complexity index is 1070. The highest BCUT2D eigenvalue weighted by molar-refractivity contribution is 6.43. The van der Waals surface area contributed by atoms with Crippen LogP contribution >= 0.6 is 23.2 Å². The summed E-state index contributed by atoms with van der Waals surface area (Å²) in [5, 5.41) is 4.97. The molecule has 1 fully saturated rings. The third-order valence-corrected chi connectivity index (χ3v) is 4.85. The van der Waals surface area contributed by atoms with E-state index in [4.69, 9.17) is 23.2 Å². The molecular formula is C19H12Cl2F3N3O3. The van der Waals surface area contributed by atoms with E-state index in [0.29, 0.717) is 10.5 Å². The standard InChI is InChI=1S/C19H12Cl2F3N3O3/c20-13-6-1-3-10(16(13)21)7-14-17(29)27(18(30)26-14)9-15(28)25-12-5-2-4-11(8-12)19(22,23)24/h1-8H,9H2,(H,25,28)(H,26,30)/b14-7-. The Labute approximate surface area is 178 Å². The minimum absolute atomic E-state index is 0.122. The van der Waals surface area contributed by atoms with Crippen LogP contribution in [0.1, 0.15) is 11.1 Å². The monoisotopic (exact) mass is 457 g/mol. The highest BCUT2D eigenvalue weighted by Crippen LogP contribution is 2.31. The minimum atomic E-state index is -4.58. The summed E-state index contributed by atoms with van der Waals surface area (Å²) >= 11 is 12.0. The molecule has 2 N–H and O–H groups in total. The maximum atomic E-state index is 12.8. The molecular weight excluding hydrogens is 446 g/mol. The van der Waals surface area contributed by atoms with Crippen LogP contribution in [0.5, 0.6) is 0 Å². The Hall–Kier alpha value is -3.04. The number of imide groups is 1. The third kappa shape index (κ3) is 4.74. The number of alkyl halides is 3. The molecule has 11 heteroatoms. The van der Waals surface area contributed by atoms with Crippen LogP contribution in [-0.2, 0) is 15.8 Å². The fraction of sp³-hybridized carbons (Fsp3) is 0.105. The van der Waals surface area contributed by atoms with Gasteiger partial charge in [0.15, 0.2) is 0 Å². The van der Waals surface area contributed by atoms with Crippen molar-refractivity contribution in [2.45, 2.75) is 6.18 Å². The number of hydrogen-bond acceptors (Lipinski definition) is 3. The number of nitrogens with zero attached hydrogens (tertiary/aromatic N) is 1. The Morgan fingerprint density at radius 2 is 1.83 bits per heavy atom. The van der Waals surface area contributed by atoms with Gasteiger partial charge in [0.2, 0.25) is 5.91 Å². The summed E-state index contributed by atoms with van der Waals surface area (Å²) in [6.07, 6.45) is -3.27. The molecule has 0 aromatic heterocycles. The van der Waals surface area contributed by atoms with Crippen LogP contribution in [0.2, 0.25) is 10.0 Å². The first-order valence-electron chi connectivity index (χ1n) is 8.32. The molecule has 1 aliphatic heterocycles. The Balaban J connectivity index is 1.72. The van der Waals surface area contributed by atoms with Crippen LogP contribution in [0.25, 0.3) is 6.08 Å². The van der Waals surface area contributed by atoms with Gasteiger partial charge in [0.05, 0.1) is 15.6 Å². The molecule has 2 aromatic carbocycles. The molecule has 0 radical (unpaired) electrons. The van der Waals surface area contributed by atoms with Crippen LogP contribution in [0.15, 0.2) is 48.2 Å². The van der Waals surface area contributed by atoms with Gasteiger partial charge in [0.1, 0.15) is 12.2 Å². The number of carbonyl (C=O) groups excluding carboxylic acids is 3. The van der Waals surface area contributed by atoms with Crippen molar-refractivity contribution < 1.29 is 27.6 Å². The number of anilines is 1. The minimum Gasteiger partial charge on any atom is -0.325 e. The summed E-state index contributed by atoms with van der Waals surface area (Å²) in [5.74, 6) is -1.64. The van der Waals surface area contributed by atoms with E-state index in [1.54, 1.807) is 18.2 Å². The van der Waals surface area contributed by atoms with Crippen LogP contribution in [0.4, 0.5) is 23.7 Å². The molecule has 0 unspecified atom stereocenters. The summed E-state index contributed by atoms with van der Waals surface area (Å²) in [6.45, 7) is -0.693. The Kier molecular flexibility index (Phi) is 6.04. The number of carbonyl (C=O) groups is 3. The fourth-order valence-electron chi connectivity index (χ4n) is 2.62. The SMILES string of the molecule is O=C(CN1C(=O)N/C(=C\c2cccc(Cl)c2Cl)C1=O)Nc1cccc(C(F)(F)F)c1. The summed E-state index contributed by atoms with van der Waals surface area (Å²) in [4.78, 5) is 37.3. The third-order valence-electron chi connectivity index (χ3n) is 4.02. The molecule has 0 aliphatic carbocycles. The highest BCUT2D eigenvalue weighted by Gasteiger charge is 2.35. The lowest BCUT2D eigenvalue weighted by atomic mass is 10.2. The number of rotatable bonds is 4. The molecule has 3 rings (SSSR count). The lowest BCUT2D eigenvalue weighted by Crippen LogP contribution is -2.38. The van der Waals surface area contributed by atoms with Gasteiger partial charge in [-0.25, -0.2) is 9.69 Å². The average molecular weight is 458 g/mol. The van der Waals surface area contributed by atoms with E-state index in [1.165, 1.54) is 12.1 Å². The van der Waals surface area contributed by atoms with Gasteiger partial charge in [-0.3, -0.25) is 9.59 Å². The van der Waals surface area contributed by atoms with Crippen molar-refractivity contribution in [3.05, 3.63) is 69.3 Å². The molecule has 0 bridgehead atoms. The van der Waals surface area contributed by atoms with Gasteiger partial charge < -0.3 is 10.6 Å². The Morgan fingerprint density at radius 3 is 2.53 bits per heavy atom. The zero-order chi connectivity index (χ0) is 22.1. The topological polar surface area (TPSA) is 78.5 Å². The van der Waals surface area contributed by atoms with Gasteiger partial charge in [-0.15, -0.1) is 0 Å². The molecule has 6 nitrogen and oxygen atoms in total.